The van der Waals surface area contributed by atoms with Crippen LogP contribution in [0.15, 0.2) is 24.3 Å². The fourth-order valence-electron chi connectivity index (χ4n) is 1.12. The third-order valence-electron chi connectivity index (χ3n) is 1.72. The molecule has 0 saturated heterocycles. The molecule has 0 amide bonds. The minimum absolute atomic E-state index is 0.197. The van der Waals surface area contributed by atoms with Gasteiger partial charge in [-0.1, -0.05) is 18.2 Å². The first kappa shape index (κ1) is 10.0. The summed E-state index contributed by atoms with van der Waals surface area (Å²) in [5, 5.41) is 9.48. The van der Waals surface area contributed by atoms with Gasteiger partial charge in [0.05, 0.1) is 0 Å². The first-order valence-corrected chi connectivity index (χ1v) is 4.22. The van der Waals surface area contributed by atoms with Gasteiger partial charge in [-0.3, -0.25) is 0 Å². The van der Waals surface area contributed by atoms with Crippen molar-refractivity contribution in [1.29, 1.82) is 0 Å². The molecule has 0 heterocycles. The average Bonchev–Trinajstić information content (AvgIpc) is 2.16. The van der Waals surface area contributed by atoms with E-state index < -0.39 is 6.29 Å². The van der Waals surface area contributed by atoms with E-state index in [0.29, 0.717) is 12.2 Å². The lowest BCUT2D eigenvalue weighted by atomic mass is 10.2. The zero-order valence-corrected chi connectivity index (χ0v) is 7.86. The lowest BCUT2D eigenvalue weighted by Gasteiger charge is -2.16. The zero-order valence-electron chi connectivity index (χ0n) is 7.86. The van der Waals surface area contributed by atoms with Crippen LogP contribution < -0.4 is 0 Å². The van der Waals surface area contributed by atoms with Crippen molar-refractivity contribution >= 4 is 0 Å². The van der Waals surface area contributed by atoms with E-state index in [1.807, 2.05) is 13.0 Å². The van der Waals surface area contributed by atoms with Crippen molar-refractivity contribution in [2.24, 2.45) is 0 Å². The highest BCUT2D eigenvalue weighted by Crippen LogP contribution is 2.26. The van der Waals surface area contributed by atoms with Gasteiger partial charge in [0.1, 0.15) is 5.75 Å². The Hall–Kier alpha value is -1.06. The predicted octanol–water partition coefficient (Wildman–Crippen LogP) is 2.07. The van der Waals surface area contributed by atoms with Gasteiger partial charge >= 0.3 is 0 Å². The SMILES string of the molecule is CCOC(OC)c1ccccc1O. The van der Waals surface area contributed by atoms with Crippen LogP contribution in [0.3, 0.4) is 0 Å². The quantitative estimate of drug-likeness (QED) is 0.724. The minimum Gasteiger partial charge on any atom is -0.507 e. The predicted molar refractivity (Wildman–Crippen MR) is 49.5 cm³/mol. The summed E-state index contributed by atoms with van der Waals surface area (Å²) in [5.74, 6) is 0.197. The van der Waals surface area contributed by atoms with Crippen molar-refractivity contribution in [3.8, 4) is 5.75 Å². The first-order valence-electron chi connectivity index (χ1n) is 4.22. The summed E-state index contributed by atoms with van der Waals surface area (Å²) in [6.45, 7) is 2.43. The molecule has 0 fully saturated rings. The number of hydrogen-bond donors (Lipinski definition) is 1. The van der Waals surface area contributed by atoms with E-state index in [-0.39, 0.29) is 5.75 Å². The lowest BCUT2D eigenvalue weighted by molar-refractivity contribution is -0.124. The Kier molecular flexibility index (Phi) is 3.73. The fourth-order valence-corrected chi connectivity index (χ4v) is 1.12. The number of methoxy groups -OCH3 is 1. The second-order valence-corrected chi connectivity index (χ2v) is 2.58. The highest BCUT2D eigenvalue weighted by Gasteiger charge is 2.13. The molecule has 1 atom stereocenters. The van der Waals surface area contributed by atoms with Gasteiger partial charge in [-0.15, -0.1) is 0 Å². The minimum atomic E-state index is -0.480. The summed E-state index contributed by atoms with van der Waals surface area (Å²) in [4.78, 5) is 0. The van der Waals surface area contributed by atoms with Crippen LogP contribution in [0.5, 0.6) is 5.75 Å². The average molecular weight is 182 g/mol. The molecule has 1 aromatic carbocycles. The largest absolute Gasteiger partial charge is 0.507 e. The molecule has 13 heavy (non-hydrogen) atoms. The van der Waals surface area contributed by atoms with Gasteiger partial charge in [0.2, 0.25) is 0 Å². The van der Waals surface area contributed by atoms with E-state index >= 15 is 0 Å². The van der Waals surface area contributed by atoms with Crippen molar-refractivity contribution in [3.05, 3.63) is 29.8 Å². The highest BCUT2D eigenvalue weighted by atomic mass is 16.7. The Morgan fingerprint density at radius 1 is 1.38 bits per heavy atom. The molecule has 0 aliphatic rings. The van der Waals surface area contributed by atoms with Crippen molar-refractivity contribution < 1.29 is 14.6 Å². The Morgan fingerprint density at radius 2 is 2.08 bits per heavy atom. The maximum Gasteiger partial charge on any atom is 0.186 e. The Bertz CT molecular complexity index is 260. The Labute approximate surface area is 77.9 Å². The molecule has 3 heteroatoms. The molecule has 0 spiro atoms. The molecule has 0 saturated carbocycles. The van der Waals surface area contributed by atoms with Gasteiger partial charge in [0.25, 0.3) is 0 Å². The van der Waals surface area contributed by atoms with E-state index in [4.69, 9.17) is 9.47 Å². The normalized spacial score (nSPS) is 12.8. The fraction of sp³-hybridized carbons (Fsp3) is 0.400. The zero-order chi connectivity index (χ0) is 9.68. The number of rotatable bonds is 4. The summed E-state index contributed by atoms with van der Waals surface area (Å²) in [7, 11) is 1.55. The highest BCUT2D eigenvalue weighted by molar-refractivity contribution is 5.32. The van der Waals surface area contributed by atoms with E-state index in [9.17, 15) is 5.11 Å². The van der Waals surface area contributed by atoms with Crippen LogP contribution in [0.2, 0.25) is 0 Å². The van der Waals surface area contributed by atoms with Crippen LogP contribution in [-0.2, 0) is 9.47 Å². The van der Waals surface area contributed by atoms with Crippen LogP contribution in [0.25, 0.3) is 0 Å². The molecule has 0 radical (unpaired) electrons. The number of phenols is 1. The number of ether oxygens (including phenoxy) is 2. The van der Waals surface area contributed by atoms with E-state index in [1.165, 1.54) is 0 Å². The smallest absolute Gasteiger partial charge is 0.186 e. The topological polar surface area (TPSA) is 38.7 Å². The molecule has 1 N–H and O–H groups in total. The third kappa shape index (κ3) is 2.44. The van der Waals surface area contributed by atoms with Gasteiger partial charge in [-0.05, 0) is 13.0 Å². The maximum atomic E-state index is 9.48. The molecular weight excluding hydrogens is 168 g/mol. The van der Waals surface area contributed by atoms with Gasteiger partial charge in [0, 0.05) is 19.3 Å². The van der Waals surface area contributed by atoms with Gasteiger partial charge in [-0.25, -0.2) is 0 Å². The number of benzene rings is 1. The summed E-state index contributed by atoms with van der Waals surface area (Å²) in [6.07, 6.45) is -0.480. The summed E-state index contributed by atoms with van der Waals surface area (Å²) >= 11 is 0. The molecular formula is C10H14O3. The van der Waals surface area contributed by atoms with Crippen LogP contribution >= 0.6 is 0 Å². The second kappa shape index (κ2) is 4.84. The van der Waals surface area contributed by atoms with E-state index in [0.717, 1.165) is 0 Å². The third-order valence-corrected chi connectivity index (χ3v) is 1.72. The number of hydrogen-bond acceptors (Lipinski definition) is 3. The molecule has 0 aliphatic carbocycles. The van der Waals surface area contributed by atoms with Crippen molar-refractivity contribution in [2.45, 2.75) is 13.2 Å². The summed E-state index contributed by atoms with van der Waals surface area (Å²) in [6, 6.07) is 6.98. The molecule has 72 valence electrons. The van der Waals surface area contributed by atoms with Crippen LogP contribution in [0.4, 0.5) is 0 Å². The van der Waals surface area contributed by atoms with Crippen molar-refractivity contribution in [2.75, 3.05) is 13.7 Å². The monoisotopic (exact) mass is 182 g/mol. The van der Waals surface area contributed by atoms with Crippen LogP contribution in [0.1, 0.15) is 18.8 Å². The lowest BCUT2D eigenvalue weighted by Crippen LogP contribution is -2.06. The maximum absolute atomic E-state index is 9.48. The van der Waals surface area contributed by atoms with Gasteiger partial charge in [-0.2, -0.15) is 0 Å². The molecule has 0 aliphatic heterocycles. The molecule has 3 nitrogen and oxygen atoms in total. The van der Waals surface area contributed by atoms with E-state index in [2.05, 4.69) is 0 Å². The molecule has 1 rings (SSSR count). The Balaban J connectivity index is 2.84. The Morgan fingerprint density at radius 3 is 2.62 bits per heavy atom. The van der Waals surface area contributed by atoms with Crippen molar-refractivity contribution in [1.82, 2.24) is 0 Å². The molecule has 1 unspecified atom stereocenters. The van der Waals surface area contributed by atoms with Crippen molar-refractivity contribution in [3.63, 3.8) is 0 Å². The van der Waals surface area contributed by atoms with Crippen LogP contribution in [0, 0.1) is 0 Å². The number of phenolic OH excluding ortho intramolecular Hbond substituents is 1. The summed E-state index contributed by atoms with van der Waals surface area (Å²) < 4.78 is 10.4. The van der Waals surface area contributed by atoms with Gasteiger partial charge < -0.3 is 14.6 Å². The van der Waals surface area contributed by atoms with Crippen LogP contribution in [-0.4, -0.2) is 18.8 Å². The standard InChI is InChI=1S/C10H14O3/c1-3-13-10(12-2)8-6-4-5-7-9(8)11/h4-7,10-11H,3H2,1-2H3. The molecule has 0 bridgehead atoms. The molecule has 1 aromatic rings. The summed E-state index contributed by atoms with van der Waals surface area (Å²) in [5.41, 5.74) is 0.659. The van der Waals surface area contributed by atoms with E-state index in [1.54, 1.807) is 25.3 Å². The number of aromatic hydroxyl groups is 1. The number of para-hydroxylation sites is 1. The first-order chi connectivity index (χ1) is 6.29. The second-order valence-electron chi connectivity index (χ2n) is 2.58. The molecule has 0 aromatic heterocycles. The van der Waals surface area contributed by atoms with Gasteiger partial charge in [0.15, 0.2) is 6.29 Å².